The van der Waals surface area contributed by atoms with E-state index in [1.807, 2.05) is 0 Å². The lowest BCUT2D eigenvalue weighted by Gasteiger charge is -2.28. The molecule has 4 atom stereocenters. The number of aliphatic hydroxyl groups is 2. The van der Waals surface area contributed by atoms with Crippen LogP contribution < -0.4 is 11.4 Å². The zero-order valence-corrected chi connectivity index (χ0v) is 11.4. The van der Waals surface area contributed by atoms with Gasteiger partial charge in [-0.2, -0.15) is 4.98 Å². The fraction of sp³-hybridized carbons (Fsp3) is 0.667. The molecular formula is C12H21N3O4. The number of hydrogen-bond donors (Lipinski definition) is 3. The van der Waals surface area contributed by atoms with Crippen molar-refractivity contribution in [2.75, 3.05) is 19.5 Å². The molecule has 0 fully saturated rings. The number of nitrogens with two attached hydrogens (primary N) is 1. The molecule has 1 aromatic heterocycles. The van der Waals surface area contributed by atoms with Crippen molar-refractivity contribution in [2.24, 2.45) is 5.92 Å². The van der Waals surface area contributed by atoms with Crippen LogP contribution in [0.3, 0.4) is 0 Å². The maximum Gasteiger partial charge on any atom is 0.349 e. The topological polar surface area (TPSA) is 111 Å². The Balaban J connectivity index is 2.87. The molecule has 0 aromatic carbocycles. The van der Waals surface area contributed by atoms with Crippen LogP contribution in [0.2, 0.25) is 0 Å². The SMILES string of the molecule is COCC(C)C(O)C(O)[C@H](C)n1ccc(N)nc1=O. The molecule has 0 aliphatic heterocycles. The maximum atomic E-state index is 11.7. The van der Waals surface area contributed by atoms with E-state index in [2.05, 4.69) is 4.98 Å². The highest BCUT2D eigenvalue weighted by atomic mass is 16.5. The first-order valence-electron chi connectivity index (χ1n) is 6.08. The van der Waals surface area contributed by atoms with Crippen molar-refractivity contribution < 1.29 is 14.9 Å². The number of rotatable bonds is 6. The number of nitrogen functional groups attached to an aromatic ring is 1. The summed E-state index contributed by atoms with van der Waals surface area (Å²) in [5.41, 5.74) is 4.84. The Kier molecular flexibility index (Phi) is 5.46. The normalized spacial score (nSPS) is 17.7. The Morgan fingerprint density at radius 2 is 2.05 bits per heavy atom. The summed E-state index contributed by atoms with van der Waals surface area (Å²) in [6.45, 7) is 3.71. The van der Waals surface area contributed by atoms with E-state index in [-0.39, 0.29) is 11.7 Å². The number of aromatic nitrogens is 2. The summed E-state index contributed by atoms with van der Waals surface area (Å²) in [7, 11) is 1.52. The van der Waals surface area contributed by atoms with Crippen molar-refractivity contribution >= 4 is 5.82 Å². The molecule has 0 aliphatic rings. The summed E-state index contributed by atoms with van der Waals surface area (Å²) in [5.74, 6) is -0.129. The van der Waals surface area contributed by atoms with Crippen LogP contribution in [0.5, 0.6) is 0 Å². The summed E-state index contributed by atoms with van der Waals surface area (Å²) in [4.78, 5) is 15.2. The molecule has 1 rings (SSSR count). The van der Waals surface area contributed by atoms with Crippen LogP contribution in [-0.4, -0.2) is 45.7 Å². The third kappa shape index (κ3) is 3.76. The van der Waals surface area contributed by atoms with Gasteiger partial charge in [0.2, 0.25) is 0 Å². The van der Waals surface area contributed by atoms with Crippen molar-refractivity contribution in [1.82, 2.24) is 9.55 Å². The maximum absolute atomic E-state index is 11.7. The van der Waals surface area contributed by atoms with Crippen LogP contribution in [0.1, 0.15) is 19.9 Å². The van der Waals surface area contributed by atoms with E-state index >= 15 is 0 Å². The first kappa shape index (κ1) is 15.6. The van der Waals surface area contributed by atoms with E-state index in [0.717, 1.165) is 0 Å². The third-order valence-corrected chi connectivity index (χ3v) is 3.15. The summed E-state index contributed by atoms with van der Waals surface area (Å²) < 4.78 is 6.17. The minimum Gasteiger partial charge on any atom is -0.390 e. The summed E-state index contributed by atoms with van der Waals surface area (Å²) in [6.07, 6.45) is -0.653. The minimum absolute atomic E-state index is 0.122. The van der Waals surface area contributed by atoms with Gasteiger partial charge in [-0.15, -0.1) is 0 Å². The van der Waals surface area contributed by atoms with Crippen LogP contribution in [-0.2, 0) is 4.74 Å². The number of aliphatic hydroxyl groups excluding tert-OH is 2. The van der Waals surface area contributed by atoms with Gasteiger partial charge < -0.3 is 20.7 Å². The van der Waals surface area contributed by atoms with Crippen LogP contribution in [0, 0.1) is 5.92 Å². The monoisotopic (exact) mass is 271 g/mol. The van der Waals surface area contributed by atoms with Gasteiger partial charge in [0.15, 0.2) is 0 Å². The Bertz CT molecular complexity index is 463. The number of methoxy groups -OCH3 is 1. The Morgan fingerprint density at radius 3 is 2.58 bits per heavy atom. The van der Waals surface area contributed by atoms with Crippen molar-refractivity contribution in [3.05, 3.63) is 22.7 Å². The van der Waals surface area contributed by atoms with Crippen molar-refractivity contribution in [2.45, 2.75) is 32.1 Å². The quantitative estimate of drug-likeness (QED) is 0.636. The number of hydrogen-bond acceptors (Lipinski definition) is 6. The highest BCUT2D eigenvalue weighted by Crippen LogP contribution is 2.17. The van der Waals surface area contributed by atoms with E-state index < -0.39 is 23.9 Å². The highest BCUT2D eigenvalue weighted by molar-refractivity contribution is 5.23. The fourth-order valence-corrected chi connectivity index (χ4v) is 1.88. The summed E-state index contributed by atoms with van der Waals surface area (Å²) in [6, 6.07) is 0.852. The summed E-state index contributed by atoms with van der Waals surface area (Å²) >= 11 is 0. The predicted octanol–water partition coefficient (Wildman–Crippen LogP) is -0.609. The molecule has 7 nitrogen and oxygen atoms in total. The van der Waals surface area contributed by atoms with E-state index in [0.29, 0.717) is 6.61 Å². The van der Waals surface area contributed by atoms with E-state index in [1.54, 1.807) is 13.8 Å². The van der Waals surface area contributed by atoms with Gasteiger partial charge in [0.1, 0.15) is 11.9 Å². The van der Waals surface area contributed by atoms with Gasteiger partial charge >= 0.3 is 5.69 Å². The fourth-order valence-electron chi connectivity index (χ4n) is 1.88. The van der Waals surface area contributed by atoms with Gasteiger partial charge in [0, 0.05) is 19.2 Å². The third-order valence-electron chi connectivity index (χ3n) is 3.15. The molecule has 1 heterocycles. The molecule has 0 saturated carbocycles. The average Bonchev–Trinajstić information content (AvgIpc) is 2.36. The second-order valence-electron chi connectivity index (χ2n) is 4.70. The number of anilines is 1. The molecule has 3 unspecified atom stereocenters. The molecule has 7 heteroatoms. The van der Waals surface area contributed by atoms with Gasteiger partial charge in [-0.05, 0) is 13.0 Å². The van der Waals surface area contributed by atoms with Crippen molar-refractivity contribution in [3.63, 3.8) is 0 Å². The van der Waals surface area contributed by atoms with Crippen LogP contribution in [0.15, 0.2) is 17.1 Å². The van der Waals surface area contributed by atoms with Crippen molar-refractivity contribution in [1.29, 1.82) is 0 Å². The second kappa shape index (κ2) is 6.65. The minimum atomic E-state index is -1.10. The van der Waals surface area contributed by atoms with Crippen LogP contribution >= 0.6 is 0 Å². The zero-order chi connectivity index (χ0) is 14.6. The van der Waals surface area contributed by atoms with Gasteiger partial charge in [0.05, 0.1) is 18.8 Å². The highest BCUT2D eigenvalue weighted by Gasteiger charge is 2.29. The predicted molar refractivity (Wildman–Crippen MR) is 70.7 cm³/mol. The van der Waals surface area contributed by atoms with E-state index in [1.165, 1.54) is 23.9 Å². The molecule has 108 valence electrons. The molecule has 0 aliphatic carbocycles. The first-order chi connectivity index (χ1) is 8.88. The van der Waals surface area contributed by atoms with E-state index in [9.17, 15) is 15.0 Å². The molecule has 0 radical (unpaired) electrons. The van der Waals surface area contributed by atoms with Gasteiger partial charge in [0.25, 0.3) is 0 Å². The van der Waals surface area contributed by atoms with Gasteiger partial charge in [-0.25, -0.2) is 4.79 Å². The average molecular weight is 271 g/mol. The van der Waals surface area contributed by atoms with Gasteiger partial charge in [-0.1, -0.05) is 6.92 Å². The molecule has 0 saturated heterocycles. The lowest BCUT2D eigenvalue weighted by molar-refractivity contribution is -0.0526. The zero-order valence-electron chi connectivity index (χ0n) is 11.4. The Labute approximate surface area is 111 Å². The van der Waals surface area contributed by atoms with E-state index in [4.69, 9.17) is 10.5 Å². The Morgan fingerprint density at radius 1 is 1.42 bits per heavy atom. The number of ether oxygens (including phenoxy) is 1. The molecule has 0 spiro atoms. The standard InChI is InChI=1S/C12H21N3O4/c1-7(6-19-3)10(16)11(17)8(2)15-5-4-9(13)14-12(15)18/h4-5,7-8,10-11,16-17H,6H2,1-3H3,(H2,13,14,18)/t7?,8-,10?,11?/m0/s1. The molecule has 0 amide bonds. The van der Waals surface area contributed by atoms with Crippen molar-refractivity contribution in [3.8, 4) is 0 Å². The molecule has 4 N–H and O–H groups in total. The molecule has 1 aromatic rings. The van der Waals surface area contributed by atoms with Crippen LogP contribution in [0.4, 0.5) is 5.82 Å². The largest absolute Gasteiger partial charge is 0.390 e. The van der Waals surface area contributed by atoms with Gasteiger partial charge in [-0.3, -0.25) is 4.57 Å². The molecule has 0 bridgehead atoms. The lowest BCUT2D eigenvalue weighted by Crippen LogP contribution is -2.42. The number of nitrogens with zero attached hydrogens (tertiary/aromatic N) is 2. The lowest BCUT2D eigenvalue weighted by atomic mass is 9.96. The molecular weight excluding hydrogens is 250 g/mol. The smallest absolute Gasteiger partial charge is 0.349 e. The molecule has 19 heavy (non-hydrogen) atoms. The van der Waals surface area contributed by atoms with Crippen LogP contribution in [0.25, 0.3) is 0 Å². The summed E-state index contributed by atoms with van der Waals surface area (Å²) in [5, 5.41) is 20.1. The first-order valence-corrected chi connectivity index (χ1v) is 6.08. The Hall–Kier alpha value is -1.44. The second-order valence-corrected chi connectivity index (χ2v) is 4.70.